The monoisotopic (exact) mass is 179 g/mol. The third-order valence-electron chi connectivity index (χ3n) is 2.22. The van der Waals surface area contributed by atoms with E-state index in [0.717, 1.165) is 25.8 Å². The van der Waals surface area contributed by atoms with Gasteiger partial charge in [-0.2, -0.15) is 0 Å². The highest BCUT2D eigenvalue weighted by Gasteiger charge is 2.11. The number of hydrogen-bond acceptors (Lipinski definition) is 2. The molecule has 13 heavy (non-hydrogen) atoms. The van der Waals surface area contributed by atoms with Gasteiger partial charge in [-0.3, -0.25) is 5.32 Å². The summed E-state index contributed by atoms with van der Waals surface area (Å²) in [5, 5.41) is 3.29. The van der Waals surface area contributed by atoms with E-state index in [1.165, 1.54) is 0 Å². The molecule has 1 rings (SSSR count). The molecule has 0 saturated heterocycles. The maximum absolute atomic E-state index is 5.41. The highest BCUT2D eigenvalue weighted by atomic mass is 16.5. The van der Waals surface area contributed by atoms with Gasteiger partial charge in [0.25, 0.3) is 0 Å². The number of nitrogens with one attached hydrogen (secondary N) is 1. The van der Waals surface area contributed by atoms with Gasteiger partial charge in [0.05, 0.1) is 12.3 Å². The first-order chi connectivity index (χ1) is 6.36. The van der Waals surface area contributed by atoms with Crippen LogP contribution in [0.1, 0.15) is 26.2 Å². The second kappa shape index (κ2) is 5.66. The van der Waals surface area contributed by atoms with Crippen LogP contribution in [0.4, 0.5) is 0 Å². The number of ether oxygens (including phenoxy) is 1. The van der Waals surface area contributed by atoms with E-state index >= 15 is 0 Å². The van der Waals surface area contributed by atoms with E-state index in [4.69, 9.17) is 11.2 Å². The predicted molar refractivity (Wildman–Crippen MR) is 54.2 cm³/mol. The van der Waals surface area contributed by atoms with Gasteiger partial charge in [0.2, 0.25) is 0 Å². The first kappa shape index (κ1) is 10.1. The molecule has 2 nitrogen and oxygen atoms in total. The zero-order chi connectivity index (χ0) is 9.52. The summed E-state index contributed by atoms with van der Waals surface area (Å²) >= 11 is 0. The van der Waals surface area contributed by atoms with Crippen LogP contribution in [0.15, 0.2) is 12.3 Å². The topological polar surface area (TPSA) is 21.3 Å². The van der Waals surface area contributed by atoms with E-state index in [0.29, 0.717) is 6.10 Å². The third kappa shape index (κ3) is 3.52. The fourth-order valence-electron chi connectivity index (χ4n) is 1.33. The van der Waals surface area contributed by atoms with Crippen LogP contribution in [0.25, 0.3) is 0 Å². The van der Waals surface area contributed by atoms with E-state index in [9.17, 15) is 0 Å². The van der Waals surface area contributed by atoms with E-state index < -0.39 is 0 Å². The smallest absolute Gasteiger partial charge is 0.110 e. The van der Waals surface area contributed by atoms with Crippen LogP contribution in [0.3, 0.4) is 0 Å². The lowest BCUT2D eigenvalue weighted by Gasteiger charge is -2.21. The standard InChI is InChI=1S/C11H17NO/c1-3-10(4-2)12-9-11-7-5-6-8-13-11/h1,6,8,10-12H,4-5,7,9H2,2H3. The molecular weight excluding hydrogens is 162 g/mol. The molecule has 1 aliphatic rings. The molecule has 0 radical (unpaired) electrons. The quantitative estimate of drug-likeness (QED) is 0.663. The molecular formula is C11H17NO. The number of allylic oxidation sites excluding steroid dienone is 1. The van der Waals surface area contributed by atoms with Crippen molar-refractivity contribution in [2.24, 2.45) is 0 Å². The van der Waals surface area contributed by atoms with Crippen LogP contribution in [-0.4, -0.2) is 18.7 Å². The van der Waals surface area contributed by atoms with E-state index in [2.05, 4.69) is 24.2 Å². The summed E-state index contributed by atoms with van der Waals surface area (Å²) in [6.45, 7) is 2.94. The average molecular weight is 179 g/mol. The van der Waals surface area contributed by atoms with Crippen molar-refractivity contribution in [2.45, 2.75) is 38.3 Å². The molecule has 0 bridgehead atoms. The second-order valence-corrected chi connectivity index (χ2v) is 3.24. The zero-order valence-corrected chi connectivity index (χ0v) is 8.12. The largest absolute Gasteiger partial charge is 0.497 e. The molecule has 0 aromatic carbocycles. The first-order valence-corrected chi connectivity index (χ1v) is 4.86. The van der Waals surface area contributed by atoms with Crippen LogP contribution >= 0.6 is 0 Å². The molecule has 1 aliphatic heterocycles. The predicted octanol–water partition coefficient (Wildman–Crippen LogP) is 1.68. The van der Waals surface area contributed by atoms with Gasteiger partial charge in [0.15, 0.2) is 0 Å². The second-order valence-electron chi connectivity index (χ2n) is 3.24. The van der Waals surface area contributed by atoms with Gasteiger partial charge >= 0.3 is 0 Å². The van der Waals surface area contributed by atoms with Gasteiger partial charge in [-0.1, -0.05) is 12.8 Å². The van der Waals surface area contributed by atoms with E-state index in [1.807, 2.05) is 0 Å². The summed E-state index contributed by atoms with van der Waals surface area (Å²) in [5.41, 5.74) is 0. The zero-order valence-electron chi connectivity index (χ0n) is 8.12. The third-order valence-corrected chi connectivity index (χ3v) is 2.22. The Morgan fingerprint density at radius 2 is 2.62 bits per heavy atom. The highest BCUT2D eigenvalue weighted by molar-refractivity contribution is 4.98. The summed E-state index contributed by atoms with van der Waals surface area (Å²) in [4.78, 5) is 0. The summed E-state index contributed by atoms with van der Waals surface area (Å²) in [7, 11) is 0. The molecule has 2 unspecified atom stereocenters. The minimum absolute atomic E-state index is 0.189. The van der Waals surface area contributed by atoms with Gasteiger partial charge in [-0.25, -0.2) is 0 Å². The van der Waals surface area contributed by atoms with Crippen molar-refractivity contribution >= 4 is 0 Å². The first-order valence-electron chi connectivity index (χ1n) is 4.86. The fraction of sp³-hybridized carbons (Fsp3) is 0.636. The molecule has 1 N–H and O–H groups in total. The minimum Gasteiger partial charge on any atom is -0.497 e. The van der Waals surface area contributed by atoms with Crippen molar-refractivity contribution in [3.8, 4) is 12.3 Å². The van der Waals surface area contributed by atoms with Crippen molar-refractivity contribution in [3.63, 3.8) is 0 Å². The lowest BCUT2D eigenvalue weighted by Crippen LogP contribution is -2.35. The maximum Gasteiger partial charge on any atom is 0.110 e. The lowest BCUT2D eigenvalue weighted by atomic mass is 10.1. The molecule has 0 spiro atoms. The molecule has 0 aromatic heterocycles. The molecule has 1 heterocycles. The summed E-state index contributed by atoms with van der Waals surface area (Å²) < 4.78 is 5.41. The Bertz CT molecular complexity index is 205. The average Bonchev–Trinajstić information content (AvgIpc) is 2.21. The van der Waals surface area contributed by atoms with Crippen molar-refractivity contribution in [1.29, 1.82) is 0 Å². The Labute approximate surface area is 80.4 Å². The van der Waals surface area contributed by atoms with Crippen molar-refractivity contribution in [2.75, 3.05) is 6.54 Å². The summed E-state index contributed by atoms with van der Waals surface area (Å²) in [5.74, 6) is 2.71. The van der Waals surface area contributed by atoms with Crippen LogP contribution in [0.5, 0.6) is 0 Å². The minimum atomic E-state index is 0.189. The Morgan fingerprint density at radius 1 is 1.77 bits per heavy atom. The molecule has 2 heteroatoms. The molecule has 0 saturated carbocycles. The molecule has 0 amide bonds. The fourth-order valence-corrected chi connectivity index (χ4v) is 1.33. The number of rotatable bonds is 4. The van der Waals surface area contributed by atoms with Crippen molar-refractivity contribution < 1.29 is 4.74 Å². The molecule has 0 aromatic rings. The summed E-state index contributed by atoms with van der Waals surface area (Å²) in [6.07, 6.45) is 12.6. The lowest BCUT2D eigenvalue weighted by molar-refractivity contribution is 0.121. The van der Waals surface area contributed by atoms with Gasteiger partial charge < -0.3 is 4.74 Å². The Hall–Kier alpha value is -0.940. The molecule has 0 fully saturated rings. The van der Waals surface area contributed by atoms with Crippen molar-refractivity contribution in [1.82, 2.24) is 5.32 Å². The van der Waals surface area contributed by atoms with Gasteiger partial charge in [-0.05, 0) is 25.3 Å². The van der Waals surface area contributed by atoms with Gasteiger partial charge in [0.1, 0.15) is 6.10 Å². The van der Waals surface area contributed by atoms with E-state index in [-0.39, 0.29) is 6.04 Å². The Morgan fingerprint density at radius 3 is 3.15 bits per heavy atom. The Balaban J connectivity index is 2.18. The summed E-state index contributed by atoms with van der Waals surface area (Å²) in [6, 6.07) is 0.189. The van der Waals surface area contributed by atoms with Gasteiger partial charge in [0, 0.05) is 6.54 Å². The Kier molecular flexibility index (Phi) is 4.42. The van der Waals surface area contributed by atoms with Crippen molar-refractivity contribution in [3.05, 3.63) is 12.3 Å². The number of hydrogen-bond donors (Lipinski definition) is 1. The van der Waals surface area contributed by atoms with E-state index in [1.54, 1.807) is 6.26 Å². The molecule has 0 aliphatic carbocycles. The van der Waals surface area contributed by atoms with Gasteiger partial charge in [-0.15, -0.1) is 6.42 Å². The van der Waals surface area contributed by atoms with Crippen LogP contribution in [0, 0.1) is 12.3 Å². The van der Waals surface area contributed by atoms with Crippen LogP contribution in [-0.2, 0) is 4.74 Å². The number of terminal acetylenes is 1. The normalized spacial score (nSPS) is 23.2. The maximum atomic E-state index is 5.41. The highest BCUT2D eigenvalue weighted by Crippen LogP contribution is 2.09. The van der Waals surface area contributed by atoms with Crippen LogP contribution < -0.4 is 5.32 Å². The molecule has 2 atom stereocenters. The molecule has 72 valence electrons. The van der Waals surface area contributed by atoms with Crippen LogP contribution in [0.2, 0.25) is 0 Å². The SMILES string of the molecule is C#CC(CC)NCC1CCC=CO1.